The van der Waals surface area contributed by atoms with Crippen LogP contribution in [0.5, 0.6) is 0 Å². The summed E-state index contributed by atoms with van der Waals surface area (Å²) in [6, 6.07) is 1.89. The minimum atomic E-state index is -0.751. The van der Waals surface area contributed by atoms with E-state index in [4.69, 9.17) is 0 Å². The zero-order valence-electron chi connectivity index (χ0n) is 14.8. The number of nitrogens with zero attached hydrogens (tertiary/aromatic N) is 4. The lowest BCUT2D eigenvalue weighted by atomic mass is 10.2. The van der Waals surface area contributed by atoms with Crippen molar-refractivity contribution >= 4 is 33.8 Å². The number of Topliss-reactive ketones (excluding diaryl/α,β-unsaturated/α-hetero) is 1. The molecule has 3 aromatic rings. The molecule has 1 saturated heterocycles. The van der Waals surface area contributed by atoms with Crippen molar-refractivity contribution in [1.29, 1.82) is 0 Å². The number of H-pyrrole nitrogens is 1. The second-order valence-electron chi connectivity index (χ2n) is 6.72. The highest BCUT2D eigenvalue weighted by atomic mass is 16.3. The van der Waals surface area contributed by atoms with E-state index in [1.54, 1.807) is 24.9 Å². The van der Waals surface area contributed by atoms with Gasteiger partial charge in [0.1, 0.15) is 23.1 Å². The van der Waals surface area contributed by atoms with Crippen molar-refractivity contribution in [3.63, 3.8) is 0 Å². The molecule has 26 heavy (non-hydrogen) atoms. The van der Waals surface area contributed by atoms with E-state index in [1.807, 2.05) is 16.8 Å². The van der Waals surface area contributed by atoms with Crippen LogP contribution in [0.1, 0.15) is 44.7 Å². The number of likely N-dealkylation sites (tertiary alicyclic amines) is 1. The summed E-state index contributed by atoms with van der Waals surface area (Å²) in [6.07, 6.45) is 3.68. The number of imidazole rings is 1. The molecule has 4 heterocycles. The standard InChI is InChI=1S/C18H21N5O3/c1-3-14(25)18(26)22-7-5-11(9-22)23-15-12-4-6-19-16(12)20-8-13(15)21-17(23)10(2)24/h4,6,8,10-11,24H,3,5,7,9H2,1-2H3,(H,19,20)/t10-,11?/m1/s1. The van der Waals surface area contributed by atoms with Crippen LogP contribution in [0, 0.1) is 0 Å². The summed E-state index contributed by atoms with van der Waals surface area (Å²) in [7, 11) is 0. The Morgan fingerprint density at radius 2 is 2.27 bits per heavy atom. The largest absolute Gasteiger partial charge is 0.385 e. The van der Waals surface area contributed by atoms with E-state index in [2.05, 4.69) is 15.0 Å². The number of carbonyl (C=O) groups excluding carboxylic acids is 2. The fourth-order valence-electron chi connectivity index (χ4n) is 3.74. The van der Waals surface area contributed by atoms with E-state index in [0.717, 1.165) is 16.6 Å². The second kappa shape index (κ2) is 6.21. The van der Waals surface area contributed by atoms with Crippen molar-refractivity contribution in [1.82, 2.24) is 24.4 Å². The Morgan fingerprint density at radius 3 is 3.00 bits per heavy atom. The molecule has 8 heteroatoms. The molecule has 1 aliphatic heterocycles. The Hall–Kier alpha value is -2.74. The Morgan fingerprint density at radius 1 is 1.46 bits per heavy atom. The van der Waals surface area contributed by atoms with Gasteiger partial charge in [0.2, 0.25) is 5.78 Å². The third-order valence-corrected chi connectivity index (χ3v) is 5.01. The monoisotopic (exact) mass is 355 g/mol. The summed E-state index contributed by atoms with van der Waals surface area (Å²) in [5, 5.41) is 11.2. The van der Waals surface area contributed by atoms with E-state index >= 15 is 0 Å². The highest BCUT2D eigenvalue weighted by molar-refractivity contribution is 6.36. The van der Waals surface area contributed by atoms with E-state index in [1.165, 1.54) is 0 Å². The van der Waals surface area contributed by atoms with Gasteiger partial charge in [-0.15, -0.1) is 0 Å². The predicted molar refractivity (Wildman–Crippen MR) is 95.6 cm³/mol. The van der Waals surface area contributed by atoms with Gasteiger partial charge in [0.25, 0.3) is 5.91 Å². The zero-order chi connectivity index (χ0) is 18.4. The first-order valence-corrected chi connectivity index (χ1v) is 8.85. The average molecular weight is 355 g/mol. The number of hydrogen-bond acceptors (Lipinski definition) is 5. The van der Waals surface area contributed by atoms with Gasteiger partial charge in [-0.3, -0.25) is 9.59 Å². The molecule has 1 amide bonds. The smallest absolute Gasteiger partial charge is 0.289 e. The molecule has 0 aliphatic carbocycles. The van der Waals surface area contributed by atoms with Crippen molar-refractivity contribution in [3.8, 4) is 0 Å². The number of fused-ring (bicyclic) bond motifs is 3. The molecule has 1 aliphatic rings. The molecule has 3 aromatic heterocycles. The lowest BCUT2D eigenvalue weighted by Crippen LogP contribution is -2.34. The number of pyridine rings is 1. The molecule has 0 radical (unpaired) electrons. The highest BCUT2D eigenvalue weighted by Crippen LogP contribution is 2.33. The van der Waals surface area contributed by atoms with E-state index in [0.29, 0.717) is 30.9 Å². The van der Waals surface area contributed by atoms with Gasteiger partial charge in [-0.25, -0.2) is 9.97 Å². The molecular formula is C18H21N5O3. The molecule has 0 bridgehead atoms. The highest BCUT2D eigenvalue weighted by Gasteiger charge is 2.33. The number of nitrogens with one attached hydrogen (secondary N) is 1. The Kier molecular flexibility index (Phi) is 3.99. The Labute approximate surface area is 149 Å². The fraction of sp³-hybridized carbons (Fsp3) is 0.444. The van der Waals surface area contributed by atoms with Gasteiger partial charge < -0.3 is 19.6 Å². The van der Waals surface area contributed by atoms with Gasteiger partial charge in [0.15, 0.2) is 0 Å². The van der Waals surface area contributed by atoms with Crippen molar-refractivity contribution < 1.29 is 14.7 Å². The Balaban J connectivity index is 1.80. The van der Waals surface area contributed by atoms with E-state index in [-0.39, 0.29) is 18.2 Å². The first-order chi connectivity index (χ1) is 12.5. The maximum absolute atomic E-state index is 12.2. The van der Waals surface area contributed by atoms with Gasteiger partial charge in [-0.05, 0) is 19.4 Å². The topological polar surface area (TPSA) is 104 Å². The van der Waals surface area contributed by atoms with Gasteiger partial charge >= 0.3 is 0 Å². The normalized spacial score (nSPS) is 18.7. The first-order valence-electron chi connectivity index (χ1n) is 8.85. The fourth-order valence-corrected chi connectivity index (χ4v) is 3.74. The van der Waals surface area contributed by atoms with Crippen LogP contribution in [0.25, 0.3) is 22.1 Å². The number of aromatic amines is 1. The lowest BCUT2D eigenvalue weighted by Gasteiger charge is -2.19. The van der Waals surface area contributed by atoms with Crippen LogP contribution in [-0.4, -0.2) is 54.3 Å². The van der Waals surface area contributed by atoms with Gasteiger partial charge in [0, 0.05) is 31.1 Å². The van der Waals surface area contributed by atoms with Crippen LogP contribution >= 0.6 is 0 Å². The van der Waals surface area contributed by atoms with E-state index < -0.39 is 12.0 Å². The van der Waals surface area contributed by atoms with Crippen molar-refractivity contribution in [2.75, 3.05) is 13.1 Å². The van der Waals surface area contributed by atoms with Gasteiger partial charge in [0.05, 0.1) is 17.8 Å². The summed E-state index contributed by atoms with van der Waals surface area (Å²) in [5.74, 6) is -0.239. The molecule has 2 atom stereocenters. The van der Waals surface area contributed by atoms with Gasteiger partial charge in [-0.2, -0.15) is 0 Å². The Bertz CT molecular complexity index is 1000. The second-order valence-corrected chi connectivity index (χ2v) is 6.72. The summed E-state index contributed by atoms with van der Waals surface area (Å²) >= 11 is 0. The zero-order valence-corrected chi connectivity index (χ0v) is 14.8. The summed E-state index contributed by atoms with van der Waals surface area (Å²) < 4.78 is 2.02. The maximum Gasteiger partial charge on any atom is 0.289 e. The number of ketones is 1. The summed E-state index contributed by atoms with van der Waals surface area (Å²) in [5.41, 5.74) is 2.36. The quantitative estimate of drug-likeness (QED) is 0.694. The molecule has 0 saturated carbocycles. The number of amides is 1. The maximum atomic E-state index is 12.2. The van der Waals surface area contributed by atoms with Crippen molar-refractivity contribution in [2.45, 2.75) is 38.8 Å². The van der Waals surface area contributed by atoms with Crippen LogP contribution in [0.2, 0.25) is 0 Å². The lowest BCUT2D eigenvalue weighted by molar-refractivity contribution is -0.143. The number of hydrogen-bond donors (Lipinski definition) is 2. The SMILES string of the molecule is CCC(=O)C(=O)N1CCC(n2c([C@@H](C)O)nc3cnc4[nH]ccc4c32)C1. The van der Waals surface area contributed by atoms with Crippen LogP contribution in [0.4, 0.5) is 0 Å². The van der Waals surface area contributed by atoms with Crippen LogP contribution < -0.4 is 0 Å². The molecule has 0 aromatic carbocycles. The van der Waals surface area contributed by atoms with Crippen LogP contribution in [0.3, 0.4) is 0 Å². The van der Waals surface area contributed by atoms with E-state index in [9.17, 15) is 14.7 Å². The third kappa shape index (κ3) is 2.48. The van der Waals surface area contributed by atoms with Gasteiger partial charge in [-0.1, -0.05) is 6.92 Å². The number of aliphatic hydroxyl groups excluding tert-OH is 1. The number of rotatable bonds is 4. The molecule has 1 fully saturated rings. The summed E-state index contributed by atoms with van der Waals surface area (Å²) in [4.78, 5) is 37.6. The first kappa shape index (κ1) is 16.7. The minimum Gasteiger partial charge on any atom is -0.385 e. The summed E-state index contributed by atoms with van der Waals surface area (Å²) in [6.45, 7) is 4.33. The molecular weight excluding hydrogens is 334 g/mol. The third-order valence-electron chi connectivity index (χ3n) is 5.01. The van der Waals surface area contributed by atoms with Crippen molar-refractivity contribution in [2.24, 2.45) is 0 Å². The molecule has 2 N–H and O–H groups in total. The molecule has 1 unspecified atom stereocenters. The number of carbonyl (C=O) groups is 2. The average Bonchev–Trinajstić information content (AvgIpc) is 3.35. The molecule has 136 valence electrons. The molecule has 4 rings (SSSR count). The van der Waals surface area contributed by atoms with Crippen LogP contribution in [0.15, 0.2) is 18.5 Å². The minimum absolute atomic E-state index is 0.0429. The molecule has 8 nitrogen and oxygen atoms in total. The number of aromatic nitrogens is 4. The van der Waals surface area contributed by atoms with Crippen LogP contribution in [-0.2, 0) is 9.59 Å². The van der Waals surface area contributed by atoms with Crippen molar-refractivity contribution in [3.05, 3.63) is 24.3 Å². The predicted octanol–water partition coefficient (Wildman–Crippen LogP) is 1.72. The molecule has 0 spiro atoms. The number of aliphatic hydroxyl groups is 1.